The highest BCUT2D eigenvalue weighted by atomic mass is 16.5. The minimum absolute atomic E-state index is 0.205. The second-order valence-electron chi connectivity index (χ2n) is 4.65. The third-order valence-corrected chi connectivity index (χ3v) is 3.44. The summed E-state index contributed by atoms with van der Waals surface area (Å²) in [6, 6.07) is 14.7. The summed E-state index contributed by atoms with van der Waals surface area (Å²) in [5.74, 6) is 0.0398. The van der Waals surface area contributed by atoms with Crippen LogP contribution < -0.4 is 0 Å². The zero-order valence-electron chi connectivity index (χ0n) is 10.4. The number of esters is 1. The summed E-state index contributed by atoms with van der Waals surface area (Å²) in [7, 11) is 0. The fraction of sp³-hybridized carbons (Fsp3) is 0.188. The molecular weight excluding hydrogens is 240 g/mol. The lowest BCUT2D eigenvalue weighted by atomic mass is 9.99. The summed E-state index contributed by atoms with van der Waals surface area (Å²) < 4.78 is 5.37. The number of hydrogen-bond donors (Lipinski definition) is 1. The lowest BCUT2D eigenvalue weighted by Crippen LogP contribution is -2.00. The summed E-state index contributed by atoms with van der Waals surface area (Å²) in [6.07, 6.45) is 1.16. The van der Waals surface area contributed by atoms with E-state index < -0.39 is 0 Å². The SMILES string of the molecule is O=C1OC(CCc2ccccc2O)c2ccccc21. The molecule has 0 saturated carbocycles. The molecule has 0 spiro atoms. The maximum Gasteiger partial charge on any atom is 0.339 e. The van der Waals surface area contributed by atoms with Crippen molar-refractivity contribution in [1.82, 2.24) is 0 Å². The van der Waals surface area contributed by atoms with E-state index in [-0.39, 0.29) is 12.1 Å². The fourth-order valence-electron chi connectivity index (χ4n) is 2.44. The Balaban J connectivity index is 1.76. The molecule has 0 aromatic heterocycles. The highest BCUT2D eigenvalue weighted by molar-refractivity contribution is 5.93. The molecule has 1 aliphatic heterocycles. The van der Waals surface area contributed by atoms with Gasteiger partial charge in [-0.3, -0.25) is 0 Å². The second kappa shape index (κ2) is 4.76. The molecule has 2 aromatic rings. The Hall–Kier alpha value is -2.29. The van der Waals surface area contributed by atoms with Crippen molar-refractivity contribution in [2.75, 3.05) is 0 Å². The van der Waals surface area contributed by atoms with E-state index in [1.165, 1.54) is 0 Å². The molecular formula is C16H14O3. The van der Waals surface area contributed by atoms with Gasteiger partial charge < -0.3 is 9.84 Å². The number of ether oxygens (including phenoxy) is 1. The van der Waals surface area contributed by atoms with Gasteiger partial charge in [-0.25, -0.2) is 4.79 Å². The van der Waals surface area contributed by atoms with Crippen molar-refractivity contribution in [3.8, 4) is 5.75 Å². The van der Waals surface area contributed by atoms with Gasteiger partial charge in [0, 0.05) is 5.56 Å². The van der Waals surface area contributed by atoms with Crippen molar-refractivity contribution in [1.29, 1.82) is 0 Å². The Labute approximate surface area is 111 Å². The quantitative estimate of drug-likeness (QED) is 0.855. The average Bonchev–Trinajstić information content (AvgIpc) is 2.75. The summed E-state index contributed by atoms with van der Waals surface area (Å²) >= 11 is 0. The Kier molecular flexibility index (Phi) is 2.95. The third-order valence-electron chi connectivity index (χ3n) is 3.44. The number of rotatable bonds is 3. The molecule has 96 valence electrons. The van der Waals surface area contributed by atoms with Gasteiger partial charge in [0.15, 0.2) is 0 Å². The summed E-state index contributed by atoms with van der Waals surface area (Å²) in [5.41, 5.74) is 2.48. The molecule has 1 heterocycles. The third kappa shape index (κ3) is 2.19. The first-order chi connectivity index (χ1) is 9.25. The zero-order chi connectivity index (χ0) is 13.2. The van der Waals surface area contributed by atoms with Crippen LogP contribution in [-0.2, 0) is 11.2 Å². The zero-order valence-corrected chi connectivity index (χ0v) is 10.4. The molecule has 0 bridgehead atoms. The van der Waals surface area contributed by atoms with Gasteiger partial charge >= 0.3 is 5.97 Å². The molecule has 3 nitrogen and oxygen atoms in total. The van der Waals surface area contributed by atoms with Gasteiger partial charge in [-0.15, -0.1) is 0 Å². The molecule has 1 atom stereocenters. The Bertz CT molecular complexity index is 619. The van der Waals surface area contributed by atoms with Gasteiger partial charge in [0.2, 0.25) is 0 Å². The normalized spacial score (nSPS) is 17.1. The summed E-state index contributed by atoms with van der Waals surface area (Å²) in [4.78, 5) is 11.7. The molecule has 1 aliphatic rings. The van der Waals surface area contributed by atoms with Crippen molar-refractivity contribution in [3.63, 3.8) is 0 Å². The lowest BCUT2D eigenvalue weighted by Gasteiger charge is -2.11. The smallest absolute Gasteiger partial charge is 0.339 e. The van der Waals surface area contributed by atoms with Crippen LogP contribution in [0.25, 0.3) is 0 Å². The number of phenolic OH excluding ortho intramolecular Hbond substituents is 1. The van der Waals surface area contributed by atoms with Crippen LogP contribution in [0.15, 0.2) is 48.5 Å². The first kappa shape index (κ1) is 11.8. The van der Waals surface area contributed by atoms with Crippen LogP contribution >= 0.6 is 0 Å². The van der Waals surface area contributed by atoms with E-state index in [0.717, 1.165) is 11.1 Å². The molecule has 2 aromatic carbocycles. The van der Waals surface area contributed by atoms with Crippen molar-refractivity contribution in [2.24, 2.45) is 0 Å². The van der Waals surface area contributed by atoms with Crippen LogP contribution in [0.3, 0.4) is 0 Å². The number of aryl methyl sites for hydroxylation is 1. The fourth-order valence-corrected chi connectivity index (χ4v) is 2.44. The van der Waals surface area contributed by atoms with Crippen molar-refractivity contribution in [2.45, 2.75) is 18.9 Å². The van der Waals surface area contributed by atoms with Gasteiger partial charge in [-0.1, -0.05) is 36.4 Å². The number of aromatic hydroxyl groups is 1. The van der Waals surface area contributed by atoms with E-state index in [4.69, 9.17) is 4.74 Å². The van der Waals surface area contributed by atoms with E-state index in [0.29, 0.717) is 24.2 Å². The van der Waals surface area contributed by atoms with Crippen molar-refractivity contribution in [3.05, 3.63) is 65.2 Å². The number of benzene rings is 2. The average molecular weight is 254 g/mol. The monoisotopic (exact) mass is 254 g/mol. The topological polar surface area (TPSA) is 46.5 Å². The number of fused-ring (bicyclic) bond motifs is 1. The second-order valence-corrected chi connectivity index (χ2v) is 4.65. The number of phenols is 1. The lowest BCUT2D eigenvalue weighted by molar-refractivity contribution is 0.0369. The van der Waals surface area contributed by atoms with E-state index in [2.05, 4.69) is 0 Å². The minimum atomic E-state index is -0.252. The van der Waals surface area contributed by atoms with Gasteiger partial charge in [-0.05, 0) is 30.5 Å². The predicted molar refractivity (Wildman–Crippen MR) is 71.0 cm³/mol. The Morgan fingerprint density at radius 3 is 2.63 bits per heavy atom. The van der Waals surface area contributed by atoms with E-state index in [9.17, 15) is 9.90 Å². The van der Waals surface area contributed by atoms with Gasteiger partial charge in [0.1, 0.15) is 11.9 Å². The molecule has 3 heteroatoms. The largest absolute Gasteiger partial charge is 0.508 e. The van der Waals surface area contributed by atoms with Gasteiger partial charge in [-0.2, -0.15) is 0 Å². The predicted octanol–water partition coefficient (Wildman–Crippen LogP) is 3.24. The molecule has 19 heavy (non-hydrogen) atoms. The maximum absolute atomic E-state index is 11.7. The standard InChI is InChI=1S/C16H14O3/c17-14-8-4-1-5-11(14)9-10-15-12-6-2-3-7-13(12)16(18)19-15/h1-8,15,17H,9-10H2. The van der Waals surface area contributed by atoms with Crippen LogP contribution in [0.5, 0.6) is 5.75 Å². The minimum Gasteiger partial charge on any atom is -0.508 e. The van der Waals surface area contributed by atoms with Gasteiger partial charge in [0.05, 0.1) is 5.56 Å². The maximum atomic E-state index is 11.7. The molecule has 1 unspecified atom stereocenters. The molecule has 0 amide bonds. The van der Waals surface area contributed by atoms with E-state index in [1.807, 2.05) is 30.3 Å². The molecule has 0 radical (unpaired) electrons. The Morgan fingerprint density at radius 2 is 1.79 bits per heavy atom. The number of cyclic esters (lactones) is 1. The number of hydrogen-bond acceptors (Lipinski definition) is 3. The van der Waals surface area contributed by atoms with Crippen LogP contribution in [0.2, 0.25) is 0 Å². The molecule has 3 rings (SSSR count). The number of carbonyl (C=O) groups excluding carboxylic acids is 1. The van der Waals surface area contributed by atoms with Crippen molar-refractivity contribution < 1.29 is 14.6 Å². The number of carbonyl (C=O) groups is 1. The van der Waals surface area contributed by atoms with Crippen LogP contribution in [0.4, 0.5) is 0 Å². The molecule has 0 fully saturated rings. The first-order valence-electron chi connectivity index (χ1n) is 6.32. The summed E-state index contributed by atoms with van der Waals surface area (Å²) in [6.45, 7) is 0. The Morgan fingerprint density at radius 1 is 1.05 bits per heavy atom. The number of para-hydroxylation sites is 1. The van der Waals surface area contributed by atoms with E-state index in [1.54, 1.807) is 18.2 Å². The van der Waals surface area contributed by atoms with Crippen LogP contribution in [0.1, 0.15) is 34.0 Å². The van der Waals surface area contributed by atoms with Crippen molar-refractivity contribution >= 4 is 5.97 Å². The summed E-state index contributed by atoms with van der Waals surface area (Å²) in [5, 5.41) is 9.72. The van der Waals surface area contributed by atoms with E-state index >= 15 is 0 Å². The van der Waals surface area contributed by atoms with Crippen LogP contribution in [-0.4, -0.2) is 11.1 Å². The first-order valence-corrected chi connectivity index (χ1v) is 6.32. The highest BCUT2D eigenvalue weighted by Crippen LogP contribution is 2.34. The molecule has 1 N–H and O–H groups in total. The molecule has 0 aliphatic carbocycles. The molecule has 0 saturated heterocycles. The van der Waals surface area contributed by atoms with Crippen LogP contribution in [0, 0.1) is 0 Å². The van der Waals surface area contributed by atoms with Gasteiger partial charge in [0.25, 0.3) is 0 Å². The highest BCUT2D eigenvalue weighted by Gasteiger charge is 2.30.